The van der Waals surface area contributed by atoms with Crippen LogP contribution in [0.15, 0.2) is 65.3 Å². The van der Waals surface area contributed by atoms with Crippen molar-refractivity contribution in [3.8, 4) is 11.1 Å². The van der Waals surface area contributed by atoms with Crippen LogP contribution in [0.4, 0.5) is 0 Å². The van der Waals surface area contributed by atoms with E-state index in [0.717, 1.165) is 11.1 Å². The van der Waals surface area contributed by atoms with Crippen molar-refractivity contribution in [1.29, 1.82) is 0 Å². The van der Waals surface area contributed by atoms with E-state index in [-0.39, 0.29) is 29.9 Å². The van der Waals surface area contributed by atoms with Gasteiger partial charge in [-0.15, -0.1) is 0 Å². The van der Waals surface area contributed by atoms with Gasteiger partial charge in [-0.1, -0.05) is 42.5 Å². The van der Waals surface area contributed by atoms with E-state index < -0.39 is 0 Å². The second-order valence-corrected chi connectivity index (χ2v) is 7.04. The van der Waals surface area contributed by atoms with E-state index in [2.05, 4.69) is 10.3 Å². The van der Waals surface area contributed by atoms with Gasteiger partial charge in [-0.25, -0.2) is 4.98 Å². The van der Waals surface area contributed by atoms with Gasteiger partial charge in [0.25, 0.3) is 11.8 Å². The molecule has 0 saturated heterocycles. The number of carbonyl (C=O) groups is 2. The first-order chi connectivity index (χ1) is 15.6. The predicted molar refractivity (Wildman–Crippen MR) is 119 cm³/mol. The third-order valence-corrected chi connectivity index (χ3v) is 4.79. The lowest BCUT2D eigenvalue weighted by atomic mass is 10.0. The quantitative estimate of drug-likeness (QED) is 0.464. The van der Waals surface area contributed by atoms with Crippen LogP contribution < -0.4 is 5.32 Å². The lowest BCUT2D eigenvalue weighted by Crippen LogP contribution is -2.33. The normalized spacial score (nSPS) is 10.7. The summed E-state index contributed by atoms with van der Waals surface area (Å²) in [5.74, 6) is -0.262. The second-order valence-electron chi connectivity index (χ2n) is 7.04. The summed E-state index contributed by atoms with van der Waals surface area (Å²) in [6.07, 6.45) is 1.28. The Morgan fingerprint density at radius 3 is 2.34 bits per heavy atom. The van der Waals surface area contributed by atoms with Gasteiger partial charge in [0.2, 0.25) is 5.89 Å². The number of methoxy groups -OCH3 is 2. The first-order valence-corrected chi connectivity index (χ1v) is 10.3. The molecule has 2 aromatic carbocycles. The van der Waals surface area contributed by atoms with Gasteiger partial charge < -0.3 is 24.1 Å². The van der Waals surface area contributed by atoms with Crippen LogP contribution in [-0.2, 0) is 16.0 Å². The summed E-state index contributed by atoms with van der Waals surface area (Å²) in [6, 6.07) is 17.4. The molecule has 0 radical (unpaired) electrons. The number of carbonyl (C=O) groups excluding carboxylic acids is 2. The van der Waals surface area contributed by atoms with Crippen molar-refractivity contribution in [2.45, 2.75) is 6.54 Å². The first kappa shape index (κ1) is 23.2. The number of aromatic nitrogens is 1. The fourth-order valence-electron chi connectivity index (χ4n) is 3.08. The average molecular weight is 437 g/mol. The summed E-state index contributed by atoms with van der Waals surface area (Å²) >= 11 is 0. The first-order valence-electron chi connectivity index (χ1n) is 10.3. The molecule has 168 valence electrons. The monoisotopic (exact) mass is 437 g/mol. The minimum atomic E-state index is -0.358. The van der Waals surface area contributed by atoms with Gasteiger partial charge in [-0.3, -0.25) is 9.59 Å². The van der Waals surface area contributed by atoms with Crippen LogP contribution in [0.1, 0.15) is 26.7 Å². The number of nitrogens with one attached hydrogen (secondary N) is 1. The molecule has 0 unspecified atom stereocenters. The van der Waals surface area contributed by atoms with Crippen LogP contribution >= 0.6 is 0 Å². The standard InChI is InChI=1S/C24H27N3O5/c1-30-14-12-25-23(28)21-17-32-22(26-21)16-27(13-15-31-2)24(29)20-10-8-19(9-11-20)18-6-4-3-5-7-18/h3-11,17H,12-16H2,1-2H3,(H,25,28). The SMILES string of the molecule is COCCNC(=O)c1coc(CN(CCOC)C(=O)c2ccc(-c3ccccc3)cc2)n1. The summed E-state index contributed by atoms with van der Waals surface area (Å²) < 4.78 is 15.5. The Morgan fingerprint density at radius 2 is 1.66 bits per heavy atom. The highest BCUT2D eigenvalue weighted by molar-refractivity contribution is 5.95. The van der Waals surface area contributed by atoms with Crippen LogP contribution in [0, 0.1) is 0 Å². The molecular weight excluding hydrogens is 410 g/mol. The molecule has 0 fully saturated rings. The summed E-state index contributed by atoms with van der Waals surface area (Å²) in [4.78, 5) is 31.0. The molecule has 0 aliphatic heterocycles. The third kappa shape index (κ3) is 6.26. The molecule has 1 heterocycles. The van der Waals surface area contributed by atoms with E-state index in [0.29, 0.717) is 31.9 Å². The highest BCUT2D eigenvalue weighted by Crippen LogP contribution is 2.20. The number of benzene rings is 2. The van der Waals surface area contributed by atoms with E-state index in [1.54, 1.807) is 31.3 Å². The fourth-order valence-corrected chi connectivity index (χ4v) is 3.08. The van der Waals surface area contributed by atoms with Crippen molar-refractivity contribution in [2.24, 2.45) is 0 Å². The zero-order chi connectivity index (χ0) is 22.8. The molecule has 0 atom stereocenters. The molecular formula is C24H27N3O5. The van der Waals surface area contributed by atoms with Crippen molar-refractivity contribution in [3.63, 3.8) is 0 Å². The molecule has 0 saturated carbocycles. The molecule has 2 amide bonds. The lowest BCUT2D eigenvalue weighted by molar-refractivity contribution is 0.0663. The maximum Gasteiger partial charge on any atom is 0.273 e. The molecule has 3 rings (SSSR count). The predicted octanol–water partition coefficient (Wildman–Crippen LogP) is 3.01. The van der Waals surface area contributed by atoms with E-state index >= 15 is 0 Å². The van der Waals surface area contributed by atoms with Crippen molar-refractivity contribution < 1.29 is 23.5 Å². The minimum Gasteiger partial charge on any atom is -0.446 e. The van der Waals surface area contributed by atoms with Gasteiger partial charge in [0.15, 0.2) is 5.69 Å². The molecule has 3 aromatic rings. The number of oxazole rings is 1. The average Bonchev–Trinajstić information content (AvgIpc) is 3.31. The van der Waals surface area contributed by atoms with Crippen LogP contribution in [0.2, 0.25) is 0 Å². The van der Waals surface area contributed by atoms with E-state index in [1.807, 2.05) is 42.5 Å². The molecule has 1 N–H and O–H groups in total. The molecule has 8 heteroatoms. The molecule has 0 aliphatic carbocycles. The highest BCUT2D eigenvalue weighted by atomic mass is 16.5. The van der Waals surface area contributed by atoms with E-state index in [4.69, 9.17) is 13.9 Å². The lowest BCUT2D eigenvalue weighted by Gasteiger charge is -2.21. The molecule has 1 aromatic heterocycles. The summed E-state index contributed by atoms with van der Waals surface area (Å²) in [5, 5.41) is 2.68. The molecule has 32 heavy (non-hydrogen) atoms. The van der Waals surface area contributed by atoms with Crippen molar-refractivity contribution in [2.75, 3.05) is 40.5 Å². The fraction of sp³-hybridized carbons (Fsp3) is 0.292. The summed E-state index contributed by atoms with van der Waals surface area (Å²) in [5.41, 5.74) is 2.81. The Hall–Kier alpha value is -3.49. The molecule has 0 bridgehead atoms. The zero-order valence-corrected chi connectivity index (χ0v) is 18.2. The maximum atomic E-state index is 13.1. The van der Waals surface area contributed by atoms with Crippen LogP contribution in [0.3, 0.4) is 0 Å². The van der Waals surface area contributed by atoms with Crippen LogP contribution in [0.25, 0.3) is 11.1 Å². The number of ether oxygens (including phenoxy) is 2. The number of amides is 2. The van der Waals surface area contributed by atoms with Gasteiger partial charge in [0, 0.05) is 32.9 Å². The number of hydrogen-bond donors (Lipinski definition) is 1. The maximum absolute atomic E-state index is 13.1. The van der Waals surface area contributed by atoms with E-state index in [9.17, 15) is 9.59 Å². The smallest absolute Gasteiger partial charge is 0.273 e. The topological polar surface area (TPSA) is 93.9 Å². The van der Waals surface area contributed by atoms with E-state index in [1.165, 1.54) is 6.26 Å². The Labute approximate surface area is 187 Å². The van der Waals surface area contributed by atoms with Gasteiger partial charge in [-0.05, 0) is 23.3 Å². The third-order valence-electron chi connectivity index (χ3n) is 4.79. The molecule has 0 spiro atoms. The van der Waals surface area contributed by atoms with Crippen molar-refractivity contribution in [1.82, 2.24) is 15.2 Å². The van der Waals surface area contributed by atoms with Gasteiger partial charge in [0.1, 0.15) is 6.26 Å². The largest absolute Gasteiger partial charge is 0.446 e. The Bertz CT molecular complexity index is 1000. The second kappa shape index (κ2) is 11.8. The Balaban J connectivity index is 1.69. The van der Waals surface area contributed by atoms with Gasteiger partial charge >= 0.3 is 0 Å². The van der Waals surface area contributed by atoms with Crippen LogP contribution in [0.5, 0.6) is 0 Å². The zero-order valence-electron chi connectivity index (χ0n) is 18.2. The van der Waals surface area contributed by atoms with Gasteiger partial charge in [0.05, 0.1) is 19.8 Å². The summed E-state index contributed by atoms with van der Waals surface area (Å²) in [6.45, 7) is 1.61. The Morgan fingerprint density at radius 1 is 0.969 bits per heavy atom. The van der Waals surface area contributed by atoms with Crippen LogP contribution in [-0.4, -0.2) is 62.2 Å². The van der Waals surface area contributed by atoms with Crippen molar-refractivity contribution >= 4 is 11.8 Å². The highest BCUT2D eigenvalue weighted by Gasteiger charge is 2.20. The van der Waals surface area contributed by atoms with Gasteiger partial charge in [-0.2, -0.15) is 0 Å². The summed E-state index contributed by atoms with van der Waals surface area (Å²) in [7, 11) is 3.13. The Kier molecular flexibility index (Phi) is 8.53. The molecule has 0 aliphatic rings. The number of hydrogen-bond acceptors (Lipinski definition) is 6. The van der Waals surface area contributed by atoms with Crippen molar-refractivity contribution in [3.05, 3.63) is 78.0 Å². The minimum absolute atomic E-state index is 0.119. The number of rotatable bonds is 11. The number of nitrogens with zero attached hydrogens (tertiary/aromatic N) is 2. The molecule has 8 nitrogen and oxygen atoms in total.